The van der Waals surface area contributed by atoms with Gasteiger partial charge in [-0.05, 0) is 57.8 Å². The topological polar surface area (TPSA) is 89.8 Å². The molecule has 0 rings (SSSR count). The van der Waals surface area contributed by atoms with Gasteiger partial charge in [0, 0.05) is 0 Å². The molecular weight excluding hydrogens is 727 g/mol. The van der Waals surface area contributed by atoms with E-state index >= 15 is 0 Å². The first-order valence-electron chi connectivity index (χ1n) is 26.3. The van der Waals surface area contributed by atoms with E-state index in [9.17, 15) is 20.1 Å². The van der Waals surface area contributed by atoms with Crippen molar-refractivity contribution in [1.29, 1.82) is 0 Å². The number of amides is 1. The summed E-state index contributed by atoms with van der Waals surface area (Å²) in [4.78, 5) is 12.5. The van der Waals surface area contributed by atoms with E-state index in [0.717, 1.165) is 38.5 Å². The molecule has 0 bridgehead atoms. The number of nitrogens with one attached hydrogen (secondary N) is 1. The van der Waals surface area contributed by atoms with Crippen molar-refractivity contribution < 1.29 is 20.1 Å². The molecule has 0 radical (unpaired) electrons. The van der Waals surface area contributed by atoms with Crippen LogP contribution in [0.15, 0.2) is 36.5 Å². The van der Waals surface area contributed by atoms with E-state index in [0.29, 0.717) is 6.42 Å². The van der Waals surface area contributed by atoms with Gasteiger partial charge in [-0.15, -0.1) is 0 Å². The Morgan fingerprint density at radius 2 is 0.695 bits per heavy atom. The summed E-state index contributed by atoms with van der Waals surface area (Å²) < 4.78 is 0. The first kappa shape index (κ1) is 57.6. The molecule has 0 aromatic heterocycles. The Morgan fingerprint density at radius 3 is 1.03 bits per heavy atom. The fraction of sp³-hybridized carbons (Fsp3) is 0.870. The first-order chi connectivity index (χ1) is 29.1. The Hall–Kier alpha value is -1.43. The lowest BCUT2D eigenvalue weighted by atomic mass is 10.0. The molecule has 0 aliphatic carbocycles. The van der Waals surface area contributed by atoms with E-state index in [1.54, 1.807) is 6.08 Å². The summed E-state index contributed by atoms with van der Waals surface area (Å²) in [7, 11) is 0. The number of hydrogen-bond acceptors (Lipinski definition) is 4. The maximum Gasteiger partial charge on any atom is 0.249 e. The van der Waals surface area contributed by atoms with Crippen LogP contribution in [-0.2, 0) is 4.79 Å². The van der Waals surface area contributed by atoms with Crippen LogP contribution < -0.4 is 5.32 Å². The fourth-order valence-electron chi connectivity index (χ4n) is 8.08. The zero-order chi connectivity index (χ0) is 43.0. The Bertz CT molecular complexity index is 916. The van der Waals surface area contributed by atoms with Crippen molar-refractivity contribution in [2.75, 3.05) is 6.61 Å². The minimum Gasteiger partial charge on any atom is -0.394 e. The number of rotatable bonds is 48. The van der Waals surface area contributed by atoms with E-state index < -0.39 is 24.2 Å². The van der Waals surface area contributed by atoms with Crippen molar-refractivity contribution in [1.82, 2.24) is 5.32 Å². The largest absolute Gasteiger partial charge is 0.394 e. The van der Waals surface area contributed by atoms with Gasteiger partial charge >= 0.3 is 0 Å². The van der Waals surface area contributed by atoms with Crippen LogP contribution in [0.4, 0.5) is 0 Å². The Labute approximate surface area is 368 Å². The summed E-state index contributed by atoms with van der Waals surface area (Å²) in [6.45, 7) is 4.20. The monoisotopic (exact) mass is 830 g/mol. The molecule has 0 fully saturated rings. The average molecular weight is 830 g/mol. The number of allylic oxidation sites excluding steroid dienone is 5. The Balaban J connectivity index is 3.65. The molecule has 0 saturated carbocycles. The molecule has 1 amide bonds. The number of unbranched alkanes of at least 4 members (excludes halogenated alkanes) is 36. The summed E-state index contributed by atoms with van der Waals surface area (Å²) >= 11 is 0. The molecule has 0 saturated heterocycles. The maximum absolute atomic E-state index is 12.5. The minimum absolute atomic E-state index is 0.377. The van der Waals surface area contributed by atoms with Crippen LogP contribution in [0.25, 0.3) is 0 Å². The lowest BCUT2D eigenvalue weighted by Crippen LogP contribution is -2.48. The summed E-state index contributed by atoms with van der Waals surface area (Å²) in [5.74, 6) is -0.515. The van der Waals surface area contributed by atoms with Gasteiger partial charge in [0.1, 0.15) is 6.10 Å². The van der Waals surface area contributed by atoms with Crippen LogP contribution in [0, 0.1) is 0 Å². The molecule has 0 spiro atoms. The highest BCUT2D eigenvalue weighted by Gasteiger charge is 2.22. The van der Waals surface area contributed by atoms with Crippen molar-refractivity contribution in [3.63, 3.8) is 0 Å². The second-order valence-electron chi connectivity index (χ2n) is 18.1. The van der Waals surface area contributed by atoms with Gasteiger partial charge in [-0.25, -0.2) is 0 Å². The number of carbonyl (C=O) groups excluding carboxylic acids is 1. The molecule has 0 aromatic rings. The highest BCUT2D eigenvalue weighted by atomic mass is 16.3. The second-order valence-corrected chi connectivity index (χ2v) is 18.1. The summed E-state index contributed by atoms with van der Waals surface area (Å²) in [6, 6.07) is -0.817. The highest BCUT2D eigenvalue weighted by Crippen LogP contribution is 2.16. The molecule has 5 heteroatoms. The van der Waals surface area contributed by atoms with Crippen LogP contribution in [0.3, 0.4) is 0 Å². The average Bonchev–Trinajstić information content (AvgIpc) is 3.24. The Kier molecular flexibility index (Phi) is 48.0. The van der Waals surface area contributed by atoms with Crippen LogP contribution in [-0.4, -0.2) is 46.1 Å². The zero-order valence-corrected chi connectivity index (χ0v) is 39.6. The normalized spacial score (nSPS) is 13.6. The van der Waals surface area contributed by atoms with Crippen molar-refractivity contribution in [2.24, 2.45) is 0 Å². The molecule has 0 aliphatic rings. The molecule has 0 aromatic carbocycles. The van der Waals surface area contributed by atoms with Crippen LogP contribution in [0.2, 0.25) is 0 Å². The van der Waals surface area contributed by atoms with E-state index in [1.807, 2.05) is 6.08 Å². The molecule has 3 unspecified atom stereocenters. The minimum atomic E-state index is -1.11. The second kappa shape index (κ2) is 49.2. The summed E-state index contributed by atoms with van der Waals surface area (Å²) in [5.41, 5.74) is 0. The lowest BCUT2D eigenvalue weighted by Gasteiger charge is -2.21. The molecule has 0 aliphatic heterocycles. The molecule has 5 nitrogen and oxygen atoms in total. The Morgan fingerprint density at radius 1 is 0.407 bits per heavy atom. The fourth-order valence-corrected chi connectivity index (χ4v) is 8.08. The molecule has 348 valence electrons. The van der Waals surface area contributed by atoms with Crippen LogP contribution in [0.1, 0.15) is 277 Å². The SMILES string of the molecule is CCCCCCCCCCCCCC/C=C\CCCCCCCCC(O)C(=O)NC(CO)C(O)/C=C/CC/C=C/CCCCCCCCCCCCCCCCCCC. The van der Waals surface area contributed by atoms with E-state index in [-0.39, 0.29) is 6.61 Å². The van der Waals surface area contributed by atoms with E-state index in [2.05, 4.69) is 43.5 Å². The molecular formula is C54H103NO4. The van der Waals surface area contributed by atoms with Gasteiger partial charge in [0.05, 0.1) is 18.8 Å². The third kappa shape index (κ3) is 44.4. The van der Waals surface area contributed by atoms with Crippen molar-refractivity contribution >= 4 is 5.91 Å². The predicted octanol–water partition coefficient (Wildman–Crippen LogP) is 15.9. The number of aliphatic hydroxyl groups excluding tert-OH is 3. The third-order valence-electron chi connectivity index (χ3n) is 12.2. The molecule has 0 heterocycles. The van der Waals surface area contributed by atoms with Gasteiger partial charge in [0.15, 0.2) is 0 Å². The smallest absolute Gasteiger partial charge is 0.249 e. The standard InChI is InChI=1S/C54H103NO4/c1-3-5-7-9-11-13-15-17-19-21-23-25-27-29-30-32-34-36-38-40-42-44-46-48-52(57)51(50-56)55-54(59)53(58)49-47-45-43-41-39-37-35-33-31-28-26-24-22-20-18-16-14-12-10-8-6-4-2/h31,33,38,40,46,48,51-53,56-58H,3-30,32,34-37,39,41-45,47,49-50H2,1-2H3,(H,55,59)/b33-31-,40-38+,48-46+. The van der Waals surface area contributed by atoms with Crippen molar-refractivity contribution in [3.8, 4) is 0 Å². The first-order valence-corrected chi connectivity index (χ1v) is 26.3. The van der Waals surface area contributed by atoms with Crippen molar-refractivity contribution in [3.05, 3.63) is 36.5 Å². The molecule has 59 heavy (non-hydrogen) atoms. The number of hydrogen-bond donors (Lipinski definition) is 4. The number of carbonyl (C=O) groups is 1. The van der Waals surface area contributed by atoms with Gasteiger partial charge < -0.3 is 20.6 Å². The third-order valence-corrected chi connectivity index (χ3v) is 12.2. The van der Waals surface area contributed by atoms with Crippen LogP contribution >= 0.6 is 0 Å². The quantitative estimate of drug-likeness (QED) is 0.0363. The van der Waals surface area contributed by atoms with E-state index in [1.165, 1.54) is 218 Å². The van der Waals surface area contributed by atoms with Gasteiger partial charge in [-0.1, -0.05) is 256 Å². The number of aliphatic hydroxyl groups is 3. The van der Waals surface area contributed by atoms with Gasteiger partial charge in [0.25, 0.3) is 0 Å². The zero-order valence-electron chi connectivity index (χ0n) is 39.6. The van der Waals surface area contributed by atoms with Crippen LogP contribution in [0.5, 0.6) is 0 Å². The van der Waals surface area contributed by atoms with Gasteiger partial charge in [0.2, 0.25) is 5.91 Å². The van der Waals surface area contributed by atoms with Gasteiger partial charge in [-0.3, -0.25) is 4.79 Å². The predicted molar refractivity (Wildman–Crippen MR) is 259 cm³/mol. The highest BCUT2D eigenvalue weighted by molar-refractivity contribution is 5.80. The molecule has 3 atom stereocenters. The lowest BCUT2D eigenvalue weighted by molar-refractivity contribution is -0.131. The maximum atomic E-state index is 12.5. The summed E-state index contributed by atoms with van der Waals surface area (Å²) in [5, 5.41) is 33.3. The molecule has 4 N–H and O–H groups in total. The van der Waals surface area contributed by atoms with Gasteiger partial charge in [-0.2, -0.15) is 0 Å². The van der Waals surface area contributed by atoms with E-state index in [4.69, 9.17) is 0 Å². The van der Waals surface area contributed by atoms with Crippen molar-refractivity contribution in [2.45, 2.75) is 295 Å². The summed E-state index contributed by atoms with van der Waals surface area (Å²) in [6.07, 6.45) is 63.5.